The minimum absolute atomic E-state index is 0.00393. The number of aliphatic hydroxyl groups excluding tert-OH is 1. The van der Waals surface area contributed by atoms with E-state index < -0.39 is 102 Å². The molecule has 15 atom stereocenters. The predicted octanol–water partition coefficient (Wildman–Crippen LogP) is 6.82. The second-order valence-electron chi connectivity index (χ2n) is 20.6. The van der Waals surface area contributed by atoms with Crippen LogP contribution in [0.2, 0.25) is 0 Å². The van der Waals surface area contributed by atoms with Crippen LogP contribution in [0.4, 0.5) is 4.79 Å². The zero-order valence-corrected chi connectivity index (χ0v) is 44.3. The Morgan fingerprint density at radius 3 is 2.25 bits per heavy atom. The van der Waals surface area contributed by atoms with Gasteiger partial charge in [-0.3, -0.25) is 24.0 Å². The number of hydrogen-bond donors (Lipinski definition) is 2. The zero-order valence-electron chi connectivity index (χ0n) is 44.3. The van der Waals surface area contributed by atoms with Crippen molar-refractivity contribution >= 4 is 35.3 Å². The number of nitrogens with zero attached hydrogens (tertiary/aromatic N) is 2. The third-order valence-corrected chi connectivity index (χ3v) is 15.2. The zero-order chi connectivity index (χ0) is 52.7. The summed E-state index contributed by atoms with van der Waals surface area (Å²) < 4.78 is 35.4. The van der Waals surface area contributed by atoms with Gasteiger partial charge in [0, 0.05) is 65.5 Å². The molecule has 1 aliphatic carbocycles. The molecule has 1 saturated carbocycles. The number of Topliss-reactive ketones (excluding diaryl/α,β-unsaturated/α-hetero) is 3. The van der Waals surface area contributed by atoms with Crippen molar-refractivity contribution in [3.8, 4) is 0 Å². The summed E-state index contributed by atoms with van der Waals surface area (Å²) in [4.78, 5) is 89.8. The molecule has 3 aliphatic heterocycles. The Hall–Kier alpha value is -4.10. The van der Waals surface area contributed by atoms with Gasteiger partial charge in [0.1, 0.15) is 36.2 Å². The number of piperidine rings is 1. The monoisotopic (exact) mass is 1000 g/mol. The molecule has 2 bridgehead atoms. The summed E-state index contributed by atoms with van der Waals surface area (Å²) in [5.41, 5.74) is 1.24. The summed E-state index contributed by atoms with van der Waals surface area (Å²) in [5, 5.41) is 24.5. The number of rotatable bonds is 8. The highest BCUT2D eigenvalue weighted by Crippen LogP contribution is 2.38. The maximum Gasteiger partial charge on any atom is 0.434 e. The lowest BCUT2D eigenvalue weighted by Crippen LogP contribution is -2.61. The molecule has 4 aliphatic rings. The number of aliphatic hydroxyl groups is 2. The second kappa shape index (κ2) is 27.8. The quantitative estimate of drug-likeness (QED) is 0.111. The van der Waals surface area contributed by atoms with E-state index in [2.05, 4.69) is 0 Å². The van der Waals surface area contributed by atoms with Gasteiger partial charge in [0.15, 0.2) is 5.78 Å². The molecule has 3 heterocycles. The van der Waals surface area contributed by atoms with Gasteiger partial charge in [0.05, 0.1) is 25.4 Å². The standard InChI is InChI=1S/C54H84N2O15/c1-32-18-14-13-15-19-33(2)44(65-9)30-40-23-21-38(7)54(64,71-40)50(60)51(61)56-25-17-16-20-41(56)52(62)69-45(31-42(57)34(3)27-37(6)48(59)49(67-11)47(58)36(5)26-32)35(4)28-39-22-24-43(46(29-39)66-10)70-53(63)55(8)68-12/h13-15,18-19,27,32,34-36,38-41,43-46,48-49,59,64H,16-17,20-26,28-31H2,1-12H3/b15-13+,18-14+,33-19+,37-27+/t32-,34-,35-,36?,38?,39?,40+,41?,43-,44+,45+,46?,48-,49?,54?/m1/s1. The van der Waals surface area contributed by atoms with E-state index in [0.29, 0.717) is 69.8 Å². The van der Waals surface area contributed by atoms with Crippen LogP contribution in [0.3, 0.4) is 0 Å². The van der Waals surface area contributed by atoms with Gasteiger partial charge in [-0.25, -0.2) is 9.59 Å². The molecule has 7 unspecified atom stereocenters. The Labute approximate surface area is 421 Å². The van der Waals surface area contributed by atoms with Gasteiger partial charge in [0.2, 0.25) is 5.79 Å². The van der Waals surface area contributed by atoms with E-state index in [-0.39, 0.29) is 42.8 Å². The first kappa shape index (κ1) is 59.5. The fourth-order valence-corrected chi connectivity index (χ4v) is 10.5. The number of carbonyl (C=O) groups is 6. The van der Waals surface area contributed by atoms with Gasteiger partial charge in [-0.15, -0.1) is 0 Å². The number of allylic oxidation sites excluding steroid dienone is 6. The van der Waals surface area contributed by atoms with E-state index in [9.17, 15) is 39.0 Å². The number of carbonyl (C=O) groups excluding carboxylic acids is 6. The highest BCUT2D eigenvalue weighted by atomic mass is 16.7. The van der Waals surface area contributed by atoms with Gasteiger partial charge >= 0.3 is 12.1 Å². The van der Waals surface area contributed by atoms with Gasteiger partial charge in [-0.05, 0) is 107 Å². The van der Waals surface area contributed by atoms with Crippen molar-refractivity contribution in [1.29, 1.82) is 0 Å². The number of methoxy groups -OCH3 is 3. The largest absolute Gasteiger partial charge is 0.460 e. The molecule has 0 radical (unpaired) electrons. The number of hydroxylamine groups is 2. The lowest BCUT2D eigenvalue weighted by Gasteiger charge is -2.42. The van der Waals surface area contributed by atoms with E-state index in [1.54, 1.807) is 48.0 Å². The van der Waals surface area contributed by atoms with E-state index in [1.165, 1.54) is 26.2 Å². The lowest BCUT2D eigenvalue weighted by molar-refractivity contribution is -0.265. The molecule has 2 N–H and O–H groups in total. The van der Waals surface area contributed by atoms with Crippen LogP contribution in [-0.4, -0.2) is 152 Å². The van der Waals surface area contributed by atoms with Crippen LogP contribution in [0.25, 0.3) is 0 Å². The van der Waals surface area contributed by atoms with E-state index in [1.807, 2.05) is 51.2 Å². The summed E-state index contributed by atoms with van der Waals surface area (Å²) in [7, 11) is 7.30. The maximum atomic E-state index is 14.5. The average Bonchev–Trinajstić information content (AvgIpc) is 3.35. The third-order valence-electron chi connectivity index (χ3n) is 15.2. The number of cyclic esters (lactones) is 1. The number of fused-ring (bicyclic) bond motifs is 3. The highest BCUT2D eigenvalue weighted by Gasteiger charge is 2.53. The molecule has 17 heteroatoms. The number of hydrogen-bond acceptors (Lipinski definition) is 15. The Balaban J connectivity index is 1.69. The Bertz CT molecular complexity index is 1950. The summed E-state index contributed by atoms with van der Waals surface area (Å²) in [6.07, 6.45) is 9.88. The number of amides is 2. The summed E-state index contributed by atoms with van der Waals surface area (Å²) in [6.45, 7) is 12.6. The molecule has 71 heavy (non-hydrogen) atoms. The molecule has 0 aromatic rings. The first-order valence-corrected chi connectivity index (χ1v) is 25.6. The van der Waals surface area contributed by atoms with Gasteiger partial charge in [0.25, 0.3) is 11.7 Å². The number of esters is 1. The molecule has 0 aromatic heterocycles. The Kier molecular flexibility index (Phi) is 23.3. The normalized spacial score (nSPS) is 37.9. The van der Waals surface area contributed by atoms with Crippen molar-refractivity contribution in [2.75, 3.05) is 42.0 Å². The van der Waals surface area contributed by atoms with Crippen LogP contribution in [-0.2, 0) is 57.2 Å². The third kappa shape index (κ3) is 15.9. The molecule has 2 amide bonds. The Morgan fingerprint density at radius 1 is 0.873 bits per heavy atom. The van der Waals surface area contributed by atoms with Gasteiger partial charge in [-0.1, -0.05) is 71.1 Å². The first-order chi connectivity index (χ1) is 33.6. The fraction of sp³-hybridized carbons (Fsp3) is 0.741. The SMILES string of the molecule is COC1C(=O)C(C)C[C@H](C)/C=C/C=C/C=C(\C)[C@@H](OC)C[C@@H]2CCC(C)C(O)(O2)C(=O)C(=O)N2CCCCC2C(=O)O[C@H]([C@H](C)CC2CC[C@@H](OC(=O)N(C)OC)C(OC)C2)CC(=O)[C@H](C)/C=C(\C)[C@H]1O. The van der Waals surface area contributed by atoms with Crippen LogP contribution in [0, 0.1) is 35.5 Å². The van der Waals surface area contributed by atoms with Crippen molar-refractivity contribution in [3.63, 3.8) is 0 Å². The molecule has 3 fully saturated rings. The highest BCUT2D eigenvalue weighted by molar-refractivity contribution is 6.39. The van der Waals surface area contributed by atoms with Gasteiger partial charge in [-0.2, -0.15) is 5.06 Å². The van der Waals surface area contributed by atoms with E-state index in [0.717, 1.165) is 10.6 Å². The van der Waals surface area contributed by atoms with Gasteiger partial charge < -0.3 is 43.5 Å². The summed E-state index contributed by atoms with van der Waals surface area (Å²) in [5.74, 6) is -8.34. The summed E-state index contributed by atoms with van der Waals surface area (Å²) in [6, 6.07) is -1.18. The minimum Gasteiger partial charge on any atom is -0.460 e. The topological polar surface area (TPSA) is 214 Å². The number of ether oxygens (including phenoxy) is 6. The summed E-state index contributed by atoms with van der Waals surface area (Å²) >= 11 is 0. The van der Waals surface area contributed by atoms with Crippen molar-refractivity contribution in [2.45, 2.75) is 180 Å². The van der Waals surface area contributed by atoms with Crippen LogP contribution in [0.5, 0.6) is 0 Å². The first-order valence-electron chi connectivity index (χ1n) is 25.6. The molecular formula is C54H84N2O15. The molecule has 0 spiro atoms. The smallest absolute Gasteiger partial charge is 0.434 e. The van der Waals surface area contributed by atoms with Crippen molar-refractivity contribution in [1.82, 2.24) is 9.96 Å². The van der Waals surface area contributed by atoms with Crippen LogP contribution in [0.15, 0.2) is 47.6 Å². The molecule has 400 valence electrons. The second-order valence-corrected chi connectivity index (χ2v) is 20.6. The minimum atomic E-state index is -2.45. The van der Waals surface area contributed by atoms with E-state index in [4.69, 9.17) is 33.3 Å². The predicted molar refractivity (Wildman–Crippen MR) is 264 cm³/mol. The maximum absolute atomic E-state index is 14.5. The van der Waals surface area contributed by atoms with Crippen molar-refractivity contribution in [2.24, 2.45) is 35.5 Å². The van der Waals surface area contributed by atoms with Crippen LogP contribution >= 0.6 is 0 Å². The van der Waals surface area contributed by atoms with Crippen LogP contribution in [0.1, 0.15) is 126 Å². The van der Waals surface area contributed by atoms with Crippen molar-refractivity contribution < 1.29 is 72.2 Å². The van der Waals surface area contributed by atoms with Crippen LogP contribution < -0.4 is 0 Å². The van der Waals surface area contributed by atoms with Crippen molar-refractivity contribution in [3.05, 3.63) is 47.6 Å². The molecule has 4 rings (SSSR count). The number of ketones is 3. The lowest BCUT2D eigenvalue weighted by atomic mass is 9.78. The molecule has 0 aromatic carbocycles. The molecular weight excluding hydrogens is 917 g/mol. The molecule has 2 saturated heterocycles. The average molecular weight is 1000 g/mol. The fourth-order valence-electron chi connectivity index (χ4n) is 10.5. The molecule has 17 nitrogen and oxygen atoms in total. The van der Waals surface area contributed by atoms with E-state index >= 15 is 0 Å². The Morgan fingerprint density at radius 2 is 1.59 bits per heavy atom.